The zero-order chi connectivity index (χ0) is 17.0. The summed E-state index contributed by atoms with van der Waals surface area (Å²) in [6, 6.07) is 4.91. The van der Waals surface area contributed by atoms with E-state index in [0.717, 1.165) is 33.1 Å². The molecular formula is C16H20N2O3S2. The van der Waals surface area contributed by atoms with E-state index >= 15 is 0 Å². The summed E-state index contributed by atoms with van der Waals surface area (Å²) < 4.78 is 0. The molecule has 0 radical (unpaired) electrons. The lowest BCUT2D eigenvalue weighted by molar-refractivity contribution is -0.141. The molecule has 0 spiro atoms. The van der Waals surface area contributed by atoms with Gasteiger partial charge in [0.25, 0.3) is 0 Å². The van der Waals surface area contributed by atoms with Crippen molar-refractivity contribution >= 4 is 33.9 Å². The van der Waals surface area contributed by atoms with Crippen LogP contribution in [0.2, 0.25) is 0 Å². The molecule has 1 aliphatic heterocycles. The molecule has 2 N–H and O–H groups in total. The van der Waals surface area contributed by atoms with E-state index in [1.807, 2.05) is 19.1 Å². The lowest BCUT2D eigenvalue weighted by Gasteiger charge is -2.24. The van der Waals surface area contributed by atoms with E-state index in [4.69, 9.17) is 5.69 Å². The van der Waals surface area contributed by atoms with Crippen molar-refractivity contribution in [1.82, 2.24) is 4.90 Å². The van der Waals surface area contributed by atoms with Crippen LogP contribution in [-0.2, 0) is 4.79 Å². The molecule has 23 heavy (non-hydrogen) atoms. The van der Waals surface area contributed by atoms with E-state index < -0.39 is 12.0 Å². The Morgan fingerprint density at radius 2 is 2.35 bits per heavy atom. The molecular weight excluding hydrogens is 332 g/mol. The van der Waals surface area contributed by atoms with Crippen LogP contribution in [0.4, 0.5) is 0 Å². The molecule has 0 amide bonds. The Bertz CT molecular complexity index is 670. The Morgan fingerprint density at radius 3 is 2.96 bits per heavy atom. The third kappa shape index (κ3) is 4.48. The number of hydrogen-bond acceptors (Lipinski definition) is 5. The monoisotopic (exact) mass is 352 g/mol. The molecule has 2 atom stereocenters. The maximum atomic E-state index is 11.3. The highest BCUT2D eigenvalue weighted by atomic mass is 32.2. The molecule has 0 saturated heterocycles. The Kier molecular flexibility index (Phi) is 6.07. The van der Waals surface area contributed by atoms with Crippen molar-refractivity contribution in [3.63, 3.8) is 0 Å². The summed E-state index contributed by atoms with van der Waals surface area (Å²) in [5.74, 6) is 0.459. The highest BCUT2D eigenvalue weighted by Crippen LogP contribution is 2.29. The van der Waals surface area contributed by atoms with Gasteiger partial charge in [-0.2, -0.15) is 0 Å². The number of carboxylic acid groups (broad SMARTS) is 1. The maximum absolute atomic E-state index is 11.3. The Balaban J connectivity index is 2.07. The third-order valence-corrected chi connectivity index (χ3v) is 5.32. The van der Waals surface area contributed by atoms with Gasteiger partial charge >= 0.3 is 5.97 Å². The first-order chi connectivity index (χ1) is 10.9. The molecule has 0 bridgehead atoms. The molecule has 0 saturated carbocycles. The van der Waals surface area contributed by atoms with E-state index in [2.05, 4.69) is 4.99 Å². The summed E-state index contributed by atoms with van der Waals surface area (Å²) >= 11 is 2.61. The van der Waals surface area contributed by atoms with E-state index in [1.165, 1.54) is 0 Å². The number of benzene rings is 1. The van der Waals surface area contributed by atoms with Gasteiger partial charge in [0.1, 0.15) is 16.8 Å². The average molecular weight is 352 g/mol. The van der Waals surface area contributed by atoms with E-state index in [1.54, 1.807) is 29.8 Å². The minimum atomic E-state index is -0.878. The fourth-order valence-corrected chi connectivity index (χ4v) is 4.08. The van der Waals surface area contributed by atoms with Gasteiger partial charge in [0.15, 0.2) is 0 Å². The van der Waals surface area contributed by atoms with Gasteiger partial charge in [-0.05, 0) is 31.7 Å². The predicted octanol–water partition coefficient (Wildman–Crippen LogP) is 2.27. The standard InChI is InChI=1S/C16H20N2O3S2/c1-10-4-5-12(14(19)6-10)15-17-11(8-23-15)7-18(2)13(9-22-3)16(20)21/h3-6,11,13,19H,7-9H2,1-2H3,(H,20,21)/t11-,13+/m0/s1. The van der Waals surface area contributed by atoms with Gasteiger partial charge in [0.05, 0.1) is 6.04 Å². The Morgan fingerprint density at radius 1 is 1.61 bits per heavy atom. The fraction of sp³-hybridized carbons (Fsp3) is 0.438. The van der Waals surface area contributed by atoms with Crippen molar-refractivity contribution in [1.29, 1.82) is 0 Å². The van der Waals surface area contributed by atoms with Crippen LogP contribution in [-0.4, -0.2) is 63.3 Å². The van der Waals surface area contributed by atoms with Crippen LogP contribution in [0.15, 0.2) is 23.2 Å². The van der Waals surface area contributed by atoms with Gasteiger partial charge in [-0.3, -0.25) is 14.7 Å². The number of thioether (sulfide) groups is 1. The van der Waals surface area contributed by atoms with Crippen molar-refractivity contribution in [2.45, 2.75) is 19.0 Å². The first-order valence-corrected chi connectivity index (χ1v) is 9.21. The number of phenolic OH excluding ortho intramolecular Hbond substituents is 1. The number of aliphatic carboxylic acids is 1. The van der Waals surface area contributed by atoms with Gasteiger partial charge in [0, 0.05) is 23.6 Å². The molecule has 7 heteroatoms. The summed E-state index contributed by atoms with van der Waals surface area (Å²) in [5.41, 5.74) is 7.14. The lowest BCUT2D eigenvalue weighted by Crippen LogP contribution is -2.43. The lowest BCUT2D eigenvalue weighted by atomic mass is 10.1. The molecule has 1 heterocycles. The minimum absolute atomic E-state index is 0.00493. The SMILES string of the molecule is C#SC[C@H](C(=O)O)N(C)C[C@H]1CSC(c2ccc(C)cc2O)=N1. The van der Waals surface area contributed by atoms with Crippen LogP contribution in [0.25, 0.3) is 0 Å². The number of aliphatic imine (C=N–C) groups is 1. The molecule has 0 unspecified atom stereocenters. The van der Waals surface area contributed by atoms with Crippen LogP contribution in [0.1, 0.15) is 11.1 Å². The smallest absolute Gasteiger partial charge is 0.322 e. The molecule has 2 rings (SSSR count). The van der Waals surface area contributed by atoms with Crippen LogP contribution in [0.3, 0.4) is 0 Å². The summed E-state index contributed by atoms with van der Waals surface area (Å²) in [7, 11) is 1.77. The molecule has 0 aromatic heterocycles. The largest absolute Gasteiger partial charge is 0.507 e. The quantitative estimate of drug-likeness (QED) is 0.822. The second-order valence-electron chi connectivity index (χ2n) is 5.55. The van der Waals surface area contributed by atoms with E-state index in [-0.39, 0.29) is 11.8 Å². The van der Waals surface area contributed by atoms with Gasteiger partial charge in [-0.1, -0.05) is 6.07 Å². The minimum Gasteiger partial charge on any atom is -0.507 e. The van der Waals surface area contributed by atoms with Crippen molar-refractivity contribution in [3.05, 3.63) is 29.3 Å². The van der Waals surface area contributed by atoms with Gasteiger partial charge < -0.3 is 10.2 Å². The fourth-order valence-electron chi connectivity index (χ4n) is 2.42. The number of carbonyl (C=O) groups is 1. The molecule has 0 fully saturated rings. The average Bonchev–Trinajstić information content (AvgIpc) is 2.92. The molecule has 1 aromatic rings. The molecule has 124 valence electrons. The summed E-state index contributed by atoms with van der Waals surface area (Å²) in [4.78, 5) is 17.7. The highest BCUT2D eigenvalue weighted by Gasteiger charge is 2.27. The molecule has 5 nitrogen and oxygen atoms in total. The summed E-state index contributed by atoms with van der Waals surface area (Å²) in [6.45, 7) is 2.47. The topological polar surface area (TPSA) is 73.1 Å². The van der Waals surface area contributed by atoms with Crippen molar-refractivity contribution in [2.24, 2.45) is 4.99 Å². The van der Waals surface area contributed by atoms with Gasteiger partial charge in [-0.25, -0.2) is 0 Å². The first kappa shape index (κ1) is 17.8. The van der Waals surface area contributed by atoms with Crippen LogP contribution in [0, 0.1) is 12.6 Å². The van der Waals surface area contributed by atoms with Crippen molar-refractivity contribution < 1.29 is 15.0 Å². The highest BCUT2D eigenvalue weighted by molar-refractivity contribution is 8.14. The third-order valence-electron chi connectivity index (χ3n) is 3.67. The summed E-state index contributed by atoms with van der Waals surface area (Å²) in [5, 5.41) is 20.1. The Hall–Kier alpha value is -1.53. The number of phenols is 1. The second kappa shape index (κ2) is 7.84. The van der Waals surface area contributed by atoms with Crippen molar-refractivity contribution in [3.8, 4) is 11.4 Å². The van der Waals surface area contributed by atoms with Crippen LogP contribution >= 0.6 is 22.9 Å². The molecule has 1 aromatic carbocycles. The maximum Gasteiger partial charge on any atom is 0.322 e. The van der Waals surface area contributed by atoms with Gasteiger partial charge in [0.2, 0.25) is 0 Å². The van der Waals surface area contributed by atoms with Gasteiger partial charge in [-0.15, -0.1) is 28.6 Å². The van der Waals surface area contributed by atoms with E-state index in [9.17, 15) is 15.0 Å². The first-order valence-electron chi connectivity index (χ1n) is 7.17. The number of likely N-dealkylation sites (N-methyl/N-ethyl adjacent to an activating group) is 1. The van der Waals surface area contributed by atoms with Crippen molar-refractivity contribution in [2.75, 3.05) is 25.1 Å². The van der Waals surface area contributed by atoms with Crippen LogP contribution < -0.4 is 0 Å². The zero-order valence-electron chi connectivity index (χ0n) is 13.1. The summed E-state index contributed by atoms with van der Waals surface area (Å²) in [6.07, 6.45) is 0. The number of aryl methyl sites for hydroxylation is 1. The Labute approximate surface area is 144 Å². The molecule has 0 aliphatic carbocycles. The zero-order valence-corrected chi connectivity index (χ0v) is 14.7. The number of aromatic hydroxyl groups is 1. The normalized spacial score (nSPS) is 18.7. The number of carboxylic acids is 1. The second-order valence-corrected chi connectivity index (χ2v) is 7.22. The number of rotatable bonds is 6. The van der Waals surface area contributed by atoms with E-state index in [0.29, 0.717) is 12.3 Å². The number of nitrogens with zero attached hydrogens (tertiary/aromatic N) is 2. The van der Waals surface area contributed by atoms with Crippen LogP contribution in [0.5, 0.6) is 5.75 Å². The molecule has 1 aliphatic rings. The number of hydrogen-bond donors (Lipinski definition) is 2. The predicted molar refractivity (Wildman–Crippen MR) is 97.1 cm³/mol.